The SMILES string of the molecule is O=C1Cc2cc(Nc3ncc(Br)c(NC(O)C4CCCCC4)n3)ccc2N1. The lowest BCUT2D eigenvalue weighted by Crippen LogP contribution is -2.30. The van der Waals surface area contributed by atoms with Crippen molar-refractivity contribution < 1.29 is 9.90 Å². The molecule has 2 aliphatic rings. The monoisotopic (exact) mass is 431 g/mol. The zero-order chi connectivity index (χ0) is 18.8. The molecule has 2 heterocycles. The third-order valence-electron chi connectivity index (χ3n) is 5.11. The summed E-state index contributed by atoms with van der Waals surface area (Å²) in [5.74, 6) is 1.24. The fraction of sp³-hybridized carbons (Fsp3) is 0.421. The molecule has 7 nitrogen and oxygen atoms in total. The largest absolute Gasteiger partial charge is 0.373 e. The van der Waals surface area contributed by atoms with Crippen molar-refractivity contribution in [1.29, 1.82) is 0 Å². The van der Waals surface area contributed by atoms with Crippen LogP contribution in [0.4, 0.5) is 23.1 Å². The normalized spacial score (nSPS) is 17.9. The van der Waals surface area contributed by atoms with Crippen LogP contribution in [0, 0.1) is 5.92 Å². The van der Waals surface area contributed by atoms with E-state index in [1.165, 1.54) is 6.42 Å². The Balaban J connectivity index is 1.47. The molecule has 1 unspecified atom stereocenters. The predicted octanol–water partition coefficient (Wildman–Crippen LogP) is 3.79. The van der Waals surface area contributed by atoms with Crippen LogP contribution in [-0.4, -0.2) is 27.2 Å². The second kappa shape index (κ2) is 7.82. The van der Waals surface area contributed by atoms with Crippen molar-refractivity contribution >= 4 is 45.0 Å². The fourth-order valence-corrected chi connectivity index (χ4v) is 3.98. The molecule has 0 bridgehead atoms. The van der Waals surface area contributed by atoms with Crippen molar-refractivity contribution in [2.75, 3.05) is 16.0 Å². The summed E-state index contributed by atoms with van der Waals surface area (Å²) < 4.78 is 0.701. The van der Waals surface area contributed by atoms with Gasteiger partial charge in [-0.2, -0.15) is 4.98 Å². The van der Waals surface area contributed by atoms with E-state index in [4.69, 9.17) is 0 Å². The standard InChI is InChI=1S/C19H22BrN5O2/c20-14-10-21-19(22-13-6-7-15-12(8-13)9-16(26)23-15)25-17(14)24-18(27)11-4-2-1-3-5-11/h6-8,10-11,18,27H,1-5,9H2,(H,23,26)(H2,21,22,24,25). The number of aliphatic hydroxyl groups is 1. The van der Waals surface area contributed by atoms with Crippen molar-refractivity contribution in [2.45, 2.75) is 44.8 Å². The number of benzene rings is 1. The number of carbonyl (C=O) groups excluding carboxylic acids is 1. The molecule has 1 saturated carbocycles. The highest BCUT2D eigenvalue weighted by Gasteiger charge is 2.23. The molecule has 27 heavy (non-hydrogen) atoms. The summed E-state index contributed by atoms with van der Waals surface area (Å²) in [6, 6.07) is 5.66. The average Bonchev–Trinajstić information content (AvgIpc) is 3.04. The smallest absolute Gasteiger partial charge is 0.229 e. The van der Waals surface area contributed by atoms with Crippen LogP contribution in [0.3, 0.4) is 0 Å². The Morgan fingerprint density at radius 2 is 2.07 bits per heavy atom. The van der Waals surface area contributed by atoms with Gasteiger partial charge in [-0.05, 0) is 52.5 Å². The molecule has 0 spiro atoms. The Labute approximate surface area is 166 Å². The first-order chi connectivity index (χ1) is 13.1. The maximum absolute atomic E-state index is 11.5. The molecule has 8 heteroatoms. The van der Waals surface area contributed by atoms with Crippen LogP contribution in [0.15, 0.2) is 28.9 Å². The summed E-state index contributed by atoms with van der Waals surface area (Å²) in [5.41, 5.74) is 2.61. The Morgan fingerprint density at radius 1 is 1.26 bits per heavy atom. The van der Waals surface area contributed by atoms with Gasteiger partial charge in [-0.3, -0.25) is 4.79 Å². The third-order valence-corrected chi connectivity index (χ3v) is 5.69. The molecule has 0 radical (unpaired) electrons. The summed E-state index contributed by atoms with van der Waals surface area (Å²) in [5, 5.41) is 19.6. The number of fused-ring (bicyclic) bond motifs is 1. The van der Waals surface area contributed by atoms with Gasteiger partial charge in [0.05, 0.1) is 10.9 Å². The van der Waals surface area contributed by atoms with Gasteiger partial charge in [0.2, 0.25) is 11.9 Å². The minimum absolute atomic E-state index is 0.00484. The average molecular weight is 432 g/mol. The van der Waals surface area contributed by atoms with E-state index in [1.807, 2.05) is 18.2 Å². The van der Waals surface area contributed by atoms with Gasteiger partial charge in [0.25, 0.3) is 0 Å². The summed E-state index contributed by atoms with van der Waals surface area (Å²) in [4.78, 5) is 20.3. The highest BCUT2D eigenvalue weighted by molar-refractivity contribution is 9.10. The number of rotatable bonds is 5. The lowest BCUT2D eigenvalue weighted by atomic mass is 9.88. The number of amides is 1. The first-order valence-electron chi connectivity index (χ1n) is 9.25. The second-order valence-electron chi connectivity index (χ2n) is 7.10. The molecule has 1 amide bonds. The second-order valence-corrected chi connectivity index (χ2v) is 7.95. The first kappa shape index (κ1) is 18.2. The maximum atomic E-state index is 11.5. The molecule has 4 N–H and O–H groups in total. The van der Waals surface area contributed by atoms with Gasteiger partial charge in [0, 0.05) is 23.5 Å². The summed E-state index contributed by atoms with van der Waals surface area (Å²) in [7, 11) is 0. The molecule has 2 aromatic rings. The number of nitrogens with one attached hydrogen (secondary N) is 3. The van der Waals surface area contributed by atoms with Crippen LogP contribution >= 0.6 is 15.9 Å². The van der Waals surface area contributed by atoms with Gasteiger partial charge >= 0.3 is 0 Å². The van der Waals surface area contributed by atoms with Crippen LogP contribution < -0.4 is 16.0 Å². The van der Waals surface area contributed by atoms with Crippen molar-refractivity contribution in [2.24, 2.45) is 5.92 Å². The number of carbonyl (C=O) groups is 1. The number of aromatic nitrogens is 2. The minimum atomic E-state index is -0.624. The van der Waals surface area contributed by atoms with E-state index in [0.717, 1.165) is 42.6 Å². The Hall–Kier alpha value is -2.19. The Kier molecular flexibility index (Phi) is 5.27. The number of aliphatic hydroxyl groups excluding tert-OH is 1. The van der Waals surface area contributed by atoms with Gasteiger partial charge in [-0.1, -0.05) is 19.3 Å². The fourth-order valence-electron chi connectivity index (χ4n) is 3.67. The van der Waals surface area contributed by atoms with E-state index >= 15 is 0 Å². The Morgan fingerprint density at radius 3 is 2.89 bits per heavy atom. The van der Waals surface area contributed by atoms with E-state index < -0.39 is 6.23 Å². The predicted molar refractivity (Wildman–Crippen MR) is 108 cm³/mol. The van der Waals surface area contributed by atoms with Crippen molar-refractivity contribution in [3.05, 3.63) is 34.4 Å². The van der Waals surface area contributed by atoms with E-state index in [0.29, 0.717) is 22.7 Å². The third kappa shape index (κ3) is 4.22. The van der Waals surface area contributed by atoms with Gasteiger partial charge in [0.15, 0.2) is 0 Å². The van der Waals surface area contributed by atoms with Gasteiger partial charge in [-0.25, -0.2) is 4.98 Å². The molecule has 142 valence electrons. The lowest BCUT2D eigenvalue weighted by molar-refractivity contribution is -0.115. The molecular weight excluding hydrogens is 410 g/mol. The summed E-state index contributed by atoms with van der Waals surface area (Å²) in [6.07, 6.45) is 7.05. The topological polar surface area (TPSA) is 99.2 Å². The highest BCUT2D eigenvalue weighted by Crippen LogP contribution is 2.30. The zero-order valence-electron chi connectivity index (χ0n) is 14.8. The molecule has 1 aliphatic heterocycles. The number of anilines is 4. The van der Waals surface area contributed by atoms with Crippen molar-refractivity contribution in [3.63, 3.8) is 0 Å². The molecule has 1 fully saturated rings. The molecule has 1 aromatic carbocycles. The van der Waals surface area contributed by atoms with Crippen LogP contribution in [0.5, 0.6) is 0 Å². The minimum Gasteiger partial charge on any atom is -0.373 e. The van der Waals surface area contributed by atoms with E-state index in [9.17, 15) is 9.90 Å². The summed E-state index contributed by atoms with van der Waals surface area (Å²) >= 11 is 3.44. The number of hydrogen-bond donors (Lipinski definition) is 4. The number of halogens is 1. The molecule has 1 aromatic heterocycles. The van der Waals surface area contributed by atoms with Crippen LogP contribution in [0.25, 0.3) is 0 Å². The molecule has 0 saturated heterocycles. The van der Waals surface area contributed by atoms with E-state index in [2.05, 4.69) is 41.8 Å². The van der Waals surface area contributed by atoms with Crippen molar-refractivity contribution in [3.8, 4) is 0 Å². The van der Waals surface area contributed by atoms with Crippen LogP contribution in [0.2, 0.25) is 0 Å². The van der Waals surface area contributed by atoms with Gasteiger partial charge < -0.3 is 21.1 Å². The molecular formula is C19H22BrN5O2. The van der Waals surface area contributed by atoms with Crippen LogP contribution in [-0.2, 0) is 11.2 Å². The Bertz CT molecular complexity index is 854. The zero-order valence-corrected chi connectivity index (χ0v) is 16.4. The number of nitrogens with zero attached hydrogens (tertiary/aromatic N) is 2. The van der Waals surface area contributed by atoms with Crippen molar-refractivity contribution in [1.82, 2.24) is 9.97 Å². The summed E-state index contributed by atoms with van der Waals surface area (Å²) in [6.45, 7) is 0. The van der Waals surface area contributed by atoms with Gasteiger partial charge in [0.1, 0.15) is 12.0 Å². The number of hydrogen-bond acceptors (Lipinski definition) is 6. The van der Waals surface area contributed by atoms with E-state index in [1.54, 1.807) is 6.20 Å². The van der Waals surface area contributed by atoms with E-state index in [-0.39, 0.29) is 11.8 Å². The van der Waals surface area contributed by atoms with Gasteiger partial charge in [-0.15, -0.1) is 0 Å². The quantitative estimate of drug-likeness (QED) is 0.537. The highest BCUT2D eigenvalue weighted by atomic mass is 79.9. The maximum Gasteiger partial charge on any atom is 0.229 e. The molecule has 1 aliphatic carbocycles. The lowest BCUT2D eigenvalue weighted by Gasteiger charge is -2.27. The molecule has 4 rings (SSSR count). The first-order valence-corrected chi connectivity index (χ1v) is 10.0. The molecule has 1 atom stereocenters. The van der Waals surface area contributed by atoms with Crippen LogP contribution in [0.1, 0.15) is 37.7 Å².